The van der Waals surface area contributed by atoms with E-state index in [-0.39, 0.29) is 6.42 Å². The summed E-state index contributed by atoms with van der Waals surface area (Å²) in [4.78, 5) is 18.8. The van der Waals surface area contributed by atoms with Gasteiger partial charge in [0, 0.05) is 0 Å². The molecule has 1 N–H and O–H groups in total. The van der Waals surface area contributed by atoms with E-state index in [9.17, 15) is 4.79 Å². The number of nitrogens with zero attached hydrogens (tertiary/aromatic N) is 2. The molecule has 14 heavy (non-hydrogen) atoms. The van der Waals surface area contributed by atoms with Crippen LogP contribution in [0.5, 0.6) is 0 Å². The molecule has 0 saturated heterocycles. The fourth-order valence-electron chi connectivity index (χ4n) is 0.984. The third kappa shape index (κ3) is 2.68. The van der Waals surface area contributed by atoms with E-state index in [1.54, 1.807) is 6.92 Å². The molecule has 0 aliphatic carbocycles. The Balaban J connectivity index is 3.15. The van der Waals surface area contributed by atoms with Crippen LogP contribution < -0.4 is 0 Å². The molecule has 0 fully saturated rings. The van der Waals surface area contributed by atoms with Crippen LogP contribution in [0.1, 0.15) is 11.5 Å². The summed E-state index contributed by atoms with van der Waals surface area (Å²) in [6.07, 6.45) is 1.80. The normalized spacial score (nSPS) is 10.2. The molecule has 4 nitrogen and oxygen atoms in total. The lowest BCUT2D eigenvalue weighted by Gasteiger charge is -2.05. The molecule has 0 amide bonds. The standard InChI is InChI=1S/C8H9BrN2O2S/c1-4-10-5(3-6(12)13)7(9)8(11-4)14-2/h3H2,1-2H3,(H,12,13). The van der Waals surface area contributed by atoms with Crippen molar-refractivity contribution in [2.75, 3.05) is 6.26 Å². The molecule has 0 radical (unpaired) electrons. The monoisotopic (exact) mass is 276 g/mol. The fourth-order valence-corrected chi connectivity index (χ4v) is 2.31. The van der Waals surface area contributed by atoms with E-state index >= 15 is 0 Å². The summed E-state index contributed by atoms with van der Waals surface area (Å²) in [7, 11) is 0. The SMILES string of the molecule is CSc1nc(C)nc(CC(=O)O)c1Br. The maximum Gasteiger partial charge on any atom is 0.309 e. The Bertz CT molecular complexity index is 371. The Morgan fingerprint density at radius 1 is 1.57 bits per heavy atom. The van der Waals surface area contributed by atoms with Crippen molar-refractivity contribution in [2.45, 2.75) is 18.4 Å². The van der Waals surface area contributed by atoms with Crippen molar-refractivity contribution >= 4 is 33.7 Å². The van der Waals surface area contributed by atoms with E-state index in [0.29, 0.717) is 16.0 Å². The highest BCUT2D eigenvalue weighted by molar-refractivity contribution is 9.10. The molecular weight excluding hydrogens is 268 g/mol. The van der Waals surface area contributed by atoms with Crippen LogP contribution in [0.2, 0.25) is 0 Å². The number of aryl methyl sites for hydroxylation is 1. The quantitative estimate of drug-likeness (QED) is 0.675. The molecule has 1 aromatic heterocycles. The molecule has 0 bridgehead atoms. The minimum Gasteiger partial charge on any atom is -0.481 e. The van der Waals surface area contributed by atoms with Crippen molar-refractivity contribution in [1.29, 1.82) is 0 Å². The number of carbonyl (C=O) groups is 1. The lowest BCUT2D eigenvalue weighted by molar-refractivity contribution is -0.136. The van der Waals surface area contributed by atoms with Crippen molar-refractivity contribution in [2.24, 2.45) is 0 Å². The number of carboxylic acids is 1. The second kappa shape index (κ2) is 4.75. The number of rotatable bonds is 3. The van der Waals surface area contributed by atoms with E-state index in [1.807, 2.05) is 6.26 Å². The first-order valence-electron chi connectivity index (χ1n) is 3.83. The number of aliphatic carboxylic acids is 1. The Morgan fingerprint density at radius 3 is 2.71 bits per heavy atom. The smallest absolute Gasteiger partial charge is 0.309 e. The molecule has 0 saturated carbocycles. The van der Waals surface area contributed by atoms with Crippen molar-refractivity contribution in [3.63, 3.8) is 0 Å². The van der Waals surface area contributed by atoms with E-state index < -0.39 is 5.97 Å². The summed E-state index contributed by atoms with van der Waals surface area (Å²) in [5.41, 5.74) is 0.523. The Morgan fingerprint density at radius 2 is 2.21 bits per heavy atom. The number of halogens is 1. The maximum absolute atomic E-state index is 10.5. The van der Waals surface area contributed by atoms with Gasteiger partial charge in [0.2, 0.25) is 0 Å². The van der Waals surface area contributed by atoms with Crippen molar-refractivity contribution < 1.29 is 9.90 Å². The van der Waals surface area contributed by atoms with Gasteiger partial charge in [0.25, 0.3) is 0 Å². The zero-order chi connectivity index (χ0) is 10.7. The van der Waals surface area contributed by atoms with Crippen LogP contribution in [-0.4, -0.2) is 27.3 Å². The van der Waals surface area contributed by atoms with Crippen LogP contribution >= 0.6 is 27.7 Å². The lowest BCUT2D eigenvalue weighted by Crippen LogP contribution is -2.06. The third-order valence-corrected chi connectivity index (χ3v) is 3.29. The van der Waals surface area contributed by atoms with Crippen molar-refractivity contribution in [3.05, 3.63) is 16.0 Å². The first-order chi connectivity index (χ1) is 6.54. The second-order valence-corrected chi connectivity index (χ2v) is 4.20. The number of hydrogen-bond acceptors (Lipinski definition) is 4. The van der Waals surface area contributed by atoms with E-state index in [1.165, 1.54) is 11.8 Å². The number of thioether (sulfide) groups is 1. The van der Waals surface area contributed by atoms with E-state index in [4.69, 9.17) is 5.11 Å². The van der Waals surface area contributed by atoms with E-state index in [0.717, 1.165) is 5.03 Å². The van der Waals surface area contributed by atoms with Gasteiger partial charge in [-0.1, -0.05) is 0 Å². The molecule has 6 heteroatoms. The zero-order valence-corrected chi connectivity index (χ0v) is 10.1. The number of aromatic nitrogens is 2. The average molecular weight is 277 g/mol. The van der Waals surface area contributed by atoms with Gasteiger partial charge >= 0.3 is 5.97 Å². The summed E-state index contributed by atoms with van der Waals surface area (Å²) in [5.74, 6) is -0.301. The Labute approximate surface area is 94.3 Å². The fraction of sp³-hybridized carbons (Fsp3) is 0.375. The predicted octanol–water partition coefficient (Wildman–Crippen LogP) is 1.90. The molecule has 0 unspecified atom stereocenters. The van der Waals surface area contributed by atoms with Gasteiger partial charge in [0.1, 0.15) is 10.9 Å². The predicted molar refractivity (Wildman–Crippen MR) is 57.6 cm³/mol. The van der Waals surface area contributed by atoms with Crippen LogP contribution in [0.3, 0.4) is 0 Å². The summed E-state index contributed by atoms with van der Waals surface area (Å²) >= 11 is 4.75. The highest BCUT2D eigenvalue weighted by Crippen LogP contribution is 2.26. The van der Waals surface area contributed by atoms with Gasteiger partial charge in [-0.3, -0.25) is 4.79 Å². The highest BCUT2D eigenvalue weighted by atomic mass is 79.9. The van der Waals surface area contributed by atoms with Crippen LogP contribution in [0, 0.1) is 6.92 Å². The molecule has 1 rings (SSSR count). The molecule has 0 aliphatic heterocycles. The van der Waals surface area contributed by atoms with Crippen molar-refractivity contribution in [1.82, 2.24) is 9.97 Å². The molecule has 76 valence electrons. The topological polar surface area (TPSA) is 63.1 Å². The largest absolute Gasteiger partial charge is 0.481 e. The van der Waals surface area contributed by atoms with Gasteiger partial charge in [-0.25, -0.2) is 9.97 Å². The summed E-state index contributed by atoms with van der Waals surface area (Å²) in [5, 5.41) is 9.43. The molecule has 0 aromatic carbocycles. The number of hydrogen-bond donors (Lipinski definition) is 1. The summed E-state index contributed by atoms with van der Waals surface area (Å²) in [6.45, 7) is 1.75. The van der Waals surface area contributed by atoms with E-state index in [2.05, 4.69) is 25.9 Å². The Kier molecular flexibility index (Phi) is 3.88. The van der Waals surface area contributed by atoms with Crippen LogP contribution in [-0.2, 0) is 11.2 Å². The molecule has 1 aromatic rings. The zero-order valence-electron chi connectivity index (χ0n) is 7.74. The van der Waals surface area contributed by atoms with Gasteiger partial charge in [0.15, 0.2) is 0 Å². The van der Waals surface area contributed by atoms with Crippen LogP contribution in [0.25, 0.3) is 0 Å². The van der Waals surface area contributed by atoms with Crippen molar-refractivity contribution in [3.8, 4) is 0 Å². The highest BCUT2D eigenvalue weighted by Gasteiger charge is 2.12. The molecular formula is C8H9BrN2O2S. The molecule has 0 spiro atoms. The second-order valence-electron chi connectivity index (χ2n) is 2.61. The minimum absolute atomic E-state index is 0.0858. The van der Waals surface area contributed by atoms with Gasteiger partial charge in [-0.15, -0.1) is 11.8 Å². The lowest BCUT2D eigenvalue weighted by atomic mass is 10.3. The van der Waals surface area contributed by atoms with Gasteiger partial charge in [0.05, 0.1) is 16.6 Å². The summed E-state index contributed by atoms with van der Waals surface area (Å²) in [6, 6.07) is 0. The van der Waals surface area contributed by atoms with Gasteiger partial charge in [-0.2, -0.15) is 0 Å². The minimum atomic E-state index is -0.893. The molecule has 0 atom stereocenters. The summed E-state index contributed by atoms with van der Waals surface area (Å²) < 4.78 is 0.679. The van der Waals surface area contributed by atoms with Crippen LogP contribution in [0.4, 0.5) is 0 Å². The van der Waals surface area contributed by atoms with Crippen LogP contribution in [0.15, 0.2) is 9.50 Å². The first-order valence-corrected chi connectivity index (χ1v) is 5.85. The average Bonchev–Trinajstić information content (AvgIpc) is 2.09. The first kappa shape index (κ1) is 11.5. The maximum atomic E-state index is 10.5. The number of carboxylic acid groups (broad SMARTS) is 1. The Hall–Kier alpha value is -0.620. The van der Waals surface area contributed by atoms with Gasteiger partial charge in [-0.05, 0) is 29.1 Å². The van der Waals surface area contributed by atoms with Gasteiger partial charge < -0.3 is 5.11 Å². The molecule has 0 aliphatic rings. The third-order valence-electron chi connectivity index (χ3n) is 1.51. The molecule has 1 heterocycles.